The van der Waals surface area contributed by atoms with E-state index in [1.807, 2.05) is 24.4 Å². The van der Waals surface area contributed by atoms with Gasteiger partial charge in [-0.05, 0) is 133 Å². The van der Waals surface area contributed by atoms with Gasteiger partial charge in [-0.25, -0.2) is 4.98 Å². The normalized spacial score (nSPS) is 12.5. The zero-order valence-corrected chi connectivity index (χ0v) is 41.8. The molecule has 4 aromatic heterocycles. The molecule has 6 heteroatoms. The first kappa shape index (κ1) is 44.8. The van der Waals surface area contributed by atoms with Crippen molar-refractivity contribution in [2.75, 3.05) is 0 Å². The molecule has 1 N–H and O–H groups in total. The molecule has 0 aliphatic rings. The van der Waals surface area contributed by atoms with Gasteiger partial charge < -0.3 is 13.9 Å². The minimum absolute atomic E-state index is 0.135. The van der Waals surface area contributed by atoms with Crippen molar-refractivity contribution in [2.24, 2.45) is 0 Å². The molecule has 11 aromatic rings. The number of hydrogen-bond donors (Lipinski definition) is 1. The van der Waals surface area contributed by atoms with Gasteiger partial charge in [-0.15, -0.1) is 0 Å². The van der Waals surface area contributed by atoms with Crippen molar-refractivity contribution < 1.29 is 13.9 Å². The molecule has 0 saturated heterocycles. The number of fused-ring (bicyclic) bond motifs is 7. The molecule has 11 rings (SSSR count). The average Bonchev–Trinajstić information content (AvgIpc) is 4.03. The van der Waals surface area contributed by atoms with E-state index in [-0.39, 0.29) is 28.4 Å². The molecule has 0 saturated carbocycles. The zero-order valence-electron chi connectivity index (χ0n) is 41.8. The van der Waals surface area contributed by atoms with Gasteiger partial charge in [0.25, 0.3) is 5.78 Å². The van der Waals surface area contributed by atoms with Crippen LogP contribution in [0, 0.1) is 0 Å². The molecule has 70 heavy (non-hydrogen) atoms. The van der Waals surface area contributed by atoms with Gasteiger partial charge in [0, 0.05) is 22.7 Å². The number of aromatic nitrogens is 3. The summed E-state index contributed by atoms with van der Waals surface area (Å²) in [6, 6.07) is 53.5. The fourth-order valence-electron chi connectivity index (χ4n) is 10.2. The van der Waals surface area contributed by atoms with Crippen LogP contribution >= 0.6 is 0 Å². The largest absolute Gasteiger partial charge is 0.507 e. The average molecular weight is 918 g/mol. The fraction of sp³-hybridized carbons (Fsp3) is 0.219. The first-order chi connectivity index (χ1) is 33.5. The second kappa shape index (κ2) is 16.8. The van der Waals surface area contributed by atoms with Crippen LogP contribution in [-0.2, 0) is 10.8 Å². The summed E-state index contributed by atoms with van der Waals surface area (Å²) < 4.78 is 15.5. The van der Waals surface area contributed by atoms with Gasteiger partial charge in [-0.2, -0.15) is 0 Å². The lowest BCUT2D eigenvalue weighted by molar-refractivity contribution is 0.446. The third kappa shape index (κ3) is 7.67. The number of hydrogen-bond acceptors (Lipinski definition) is 5. The molecule has 0 aliphatic heterocycles. The second-order valence-electron chi connectivity index (χ2n) is 21.6. The summed E-state index contributed by atoms with van der Waals surface area (Å²) >= 11 is 0. The molecule has 0 bridgehead atoms. The van der Waals surface area contributed by atoms with Crippen LogP contribution in [0.25, 0.3) is 106 Å². The number of pyridine rings is 1. The molecule has 0 spiro atoms. The molecule has 0 aliphatic carbocycles. The molecule has 4 heterocycles. The van der Waals surface area contributed by atoms with E-state index in [1.54, 1.807) is 0 Å². The van der Waals surface area contributed by atoms with Crippen molar-refractivity contribution in [1.82, 2.24) is 14.5 Å². The summed E-state index contributed by atoms with van der Waals surface area (Å²) in [4.78, 5) is 10.6. The lowest BCUT2D eigenvalue weighted by Crippen LogP contribution is -2.17. The van der Waals surface area contributed by atoms with Gasteiger partial charge in [0.2, 0.25) is 0 Å². The van der Waals surface area contributed by atoms with Crippen molar-refractivity contribution in [3.8, 4) is 67.5 Å². The van der Waals surface area contributed by atoms with Crippen LogP contribution in [-0.4, -0.2) is 19.6 Å². The van der Waals surface area contributed by atoms with Crippen molar-refractivity contribution in [2.45, 2.75) is 91.9 Å². The maximum absolute atomic E-state index is 12.7. The summed E-state index contributed by atoms with van der Waals surface area (Å²) in [6.07, 6.45) is 1.87. The summed E-state index contributed by atoms with van der Waals surface area (Å²) in [5, 5.41) is 15.4. The van der Waals surface area contributed by atoms with Gasteiger partial charge in [0.05, 0.1) is 33.2 Å². The molecule has 7 aromatic carbocycles. The van der Waals surface area contributed by atoms with Crippen LogP contribution in [0.1, 0.15) is 103 Å². The Balaban J connectivity index is 1.20. The fourth-order valence-corrected chi connectivity index (χ4v) is 10.2. The molecular weight excluding hydrogens is 859 g/mol. The number of rotatable bonds is 8. The molecule has 0 atom stereocenters. The third-order valence-electron chi connectivity index (χ3n) is 14.0. The topological polar surface area (TPSA) is 77.2 Å². The minimum atomic E-state index is -0.353. The highest BCUT2D eigenvalue weighted by molar-refractivity contribution is 6.25. The molecular formula is C64H59N3O3. The summed E-state index contributed by atoms with van der Waals surface area (Å²) in [7, 11) is 0. The highest BCUT2D eigenvalue weighted by Gasteiger charge is 2.31. The van der Waals surface area contributed by atoms with Crippen molar-refractivity contribution in [3.63, 3.8) is 0 Å². The third-order valence-corrected chi connectivity index (χ3v) is 14.0. The lowest BCUT2D eigenvalue weighted by Gasteiger charge is -2.28. The summed E-state index contributed by atoms with van der Waals surface area (Å²) in [5.41, 5.74) is 17.4. The summed E-state index contributed by atoms with van der Waals surface area (Å²) in [5.74, 6) is 1.62. The quantitative estimate of drug-likeness (QED) is 0.164. The van der Waals surface area contributed by atoms with E-state index in [0.717, 1.165) is 83.1 Å². The number of phenols is 1. The first-order valence-electron chi connectivity index (χ1n) is 24.6. The monoisotopic (exact) mass is 917 g/mol. The van der Waals surface area contributed by atoms with E-state index in [2.05, 4.69) is 207 Å². The number of furan rings is 2. The number of phenolic OH excluding ortho intramolecular Hbond substituents is 1. The number of imidazole rings is 1. The van der Waals surface area contributed by atoms with Gasteiger partial charge in [-0.3, -0.25) is 9.55 Å². The molecule has 0 radical (unpaired) electrons. The highest BCUT2D eigenvalue weighted by atomic mass is 16.5. The van der Waals surface area contributed by atoms with Crippen LogP contribution < -0.4 is 0 Å². The minimum Gasteiger partial charge on any atom is -0.507 e. The Morgan fingerprint density at radius 3 is 1.71 bits per heavy atom. The Morgan fingerprint density at radius 1 is 0.529 bits per heavy atom. The van der Waals surface area contributed by atoms with Gasteiger partial charge in [0.1, 0.15) is 28.3 Å². The smallest absolute Gasteiger partial charge is 0.299 e. The SMILES string of the molecule is CC(C)c1cc(-c2ccc(-c3ccccc3)cc2)cc(C(C)C)c1-n1c(-c2cc(C(C)(C)C)cc(C(C)(C)C)c2O)nc2c3c(ccc21)oc1oc2ccc(-c4cc(-c5ccccc5)ccn4)cc2c13. The van der Waals surface area contributed by atoms with E-state index in [9.17, 15) is 5.11 Å². The lowest BCUT2D eigenvalue weighted by atomic mass is 9.78. The standard InChI is InChI=1S/C64H59N3O3/c1-37(2)47-32-45(42-23-21-41(22-24-42)39-17-13-11-14-18-39)33-48(38(3)4)59(47)67-53-26-28-55-57(58(53)66-61(67)50-35-46(63(5,6)7)36-51(60(50)68)64(8,9)10)56-49-31-44(25-27-54(49)69-62(56)70-55)52-34-43(29-30-65-52)40-19-15-12-16-20-40/h11-38,68H,1-10H3. The molecule has 348 valence electrons. The Bertz CT molecular complexity index is 3750. The van der Waals surface area contributed by atoms with E-state index in [0.29, 0.717) is 22.8 Å². The van der Waals surface area contributed by atoms with Crippen LogP contribution in [0.2, 0.25) is 0 Å². The van der Waals surface area contributed by atoms with E-state index < -0.39 is 0 Å². The molecule has 0 fully saturated rings. The van der Waals surface area contributed by atoms with Crippen LogP contribution in [0.3, 0.4) is 0 Å². The van der Waals surface area contributed by atoms with Crippen LogP contribution in [0.4, 0.5) is 0 Å². The van der Waals surface area contributed by atoms with Gasteiger partial charge in [0.15, 0.2) is 0 Å². The number of nitrogens with zero attached hydrogens (tertiary/aromatic N) is 3. The van der Waals surface area contributed by atoms with Crippen LogP contribution in [0.15, 0.2) is 167 Å². The molecule has 0 amide bonds. The number of benzene rings is 7. The predicted molar refractivity (Wildman–Crippen MR) is 290 cm³/mol. The van der Waals surface area contributed by atoms with E-state index in [1.165, 1.54) is 22.3 Å². The first-order valence-corrected chi connectivity index (χ1v) is 24.6. The van der Waals surface area contributed by atoms with Gasteiger partial charge >= 0.3 is 0 Å². The second-order valence-corrected chi connectivity index (χ2v) is 21.6. The Labute approximate surface area is 410 Å². The van der Waals surface area contributed by atoms with Crippen LogP contribution in [0.5, 0.6) is 5.75 Å². The number of aromatic hydroxyl groups is 1. The summed E-state index contributed by atoms with van der Waals surface area (Å²) in [6.45, 7) is 22.3. The van der Waals surface area contributed by atoms with E-state index in [4.69, 9.17) is 18.8 Å². The maximum Gasteiger partial charge on any atom is 0.299 e. The van der Waals surface area contributed by atoms with Gasteiger partial charge in [-0.1, -0.05) is 160 Å². The van der Waals surface area contributed by atoms with E-state index >= 15 is 0 Å². The maximum atomic E-state index is 12.7. The van der Waals surface area contributed by atoms with Crippen molar-refractivity contribution in [3.05, 3.63) is 180 Å². The van der Waals surface area contributed by atoms with Crippen molar-refractivity contribution >= 4 is 44.1 Å². The Morgan fingerprint density at radius 2 is 1.10 bits per heavy atom. The zero-order chi connectivity index (χ0) is 48.8. The highest BCUT2D eigenvalue weighted by Crippen LogP contribution is 2.48. The van der Waals surface area contributed by atoms with Crippen molar-refractivity contribution in [1.29, 1.82) is 0 Å². The Hall–Kier alpha value is -7.70. The predicted octanol–water partition coefficient (Wildman–Crippen LogP) is 17.9. The molecule has 0 unspecified atom stereocenters. The molecule has 6 nitrogen and oxygen atoms in total. The Kier molecular flexibility index (Phi) is 10.7.